The highest BCUT2D eigenvalue weighted by Gasteiger charge is 2.53. The highest BCUT2D eigenvalue weighted by molar-refractivity contribution is 7.85. The van der Waals surface area contributed by atoms with Gasteiger partial charge in [0, 0.05) is 18.5 Å². The van der Waals surface area contributed by atoms with Crippen LogP contribution < -0.4 is 0 Å². The van der Waals surface area contributed by atoms with Crippen molar-refractivity contribution < 1.29 is 27.9 Å². The first kappa shape index (κ1) is 30.0. The van der Waals surface area contributed by atoms with Gasteiger partial charge in [-0.2, -0.15) is 0 Å². The Labute approximate surface area is 247 Å². The van der Waals surface area contributed by atoms with Gasteiger partial charge >= 0.3 is 0 Å². The van der Waals surface area contributed by atoms with Crippen LogP contribution in [0.15, 0.2) is 108 Å². The SMILES string of the molecule is C=C(CO[C@@H]1[C@@H](OCc2ccccc2)[C@@H]2OC(c3ccccc3)OC[C@H]2O[C@H]1S(=O)c1ccccc1)C[Si](C)(C)C. The number of benzene rings is 3. The van der Waals surface area contributed by atoms with Crippen LogP contribution in [0.4, 0.5) is 0 Å². The van der Waals surface area contributed by atoms with Crippen molar-refractivity contribution in [1.82, 2.24) is 0 Å². The zero-order valence-corrected chi connectivity index (χ0v) is 25.8. The average molecular weight is 593 g/mol. The third-order valence-corrected chi connectivity index (χ3v) is 10.2. The molecule has 0 radical (unpaired) electrons. The molecule has 218 valence electrons. The van der Waals surface area contributed by atoms with Gasteiger partial charge in [-0.1, -0.05) is 111 Å². The fourth-order valence-electron chi connectivity index (χ4n) is 5.33. The maximum atomic E-state index is 14.0. The van der Waals surface area contributed by atoms with E-state index in [4.69, 9.17) is 23.7 Å². The van der Waals surface area contributed by atoms with Gasteiger partial charge in [-0.3, -0.25) is 4.21 Å². The highest BCUT2D eigenvalue weighted by atomic mass is 32.2. The number of ether oxygens (including phenoxy) is 5. The van der Waals surface area contributed by atoms with E-state index in [0.29, 0.717) is 18.1 Å². The first-order valence-corrected chi connectivity index (χ1v) is 19.1. The van der Waals surface area contributed by atoms with Crippen LogP contribution in [0.1, 0.15) is 17.4 Å². The summed E-state index contributed by atoms with van der Waals surface area (Å²) in [5, 5.41) is 0. The normalized spacial score (nSPS) is 27.1. The van der Waals surface area contributed by atoms with Gasteiger partial charge in [-0.15, -0.1) is 0 Å². The molecule has 2 saturated heterocycles. The standard InChI is InChI=1S/C33H40O6SSi/c1-24(23-41(2,3)4)20-35-31-30(36-21-25-14-8-5-9-15-25)29-28(22-37-32(39-29)26-16-10-6-11-17-26)38-33(31)40(34)27-18-12-7-13-19-27/h5-19,28-33H,1,20-23H2,2-4H3/t28-,29-,30+,31-,32?,33+,40?/m1/s1. The summed E-state index contributed by atoms with van der Waals surface area (Å²) >= 11 is 0. The lowest BCUT2D eigenvalue weighted by Gasteiger charge is -2.49. The zero-order valence-electron chi connectivity index (χ0n) is 24.0. The first-order chi connectivity index (χ1) is 19.8. The van der Waals surface area contributed by atoms with E-state index in [1.807, 2.05) is 91.0 Å². The van der Waals surface area contributed by atoms with Crippen LogP contribution >= 0.6 is 0 Å². The van der Waals surface area contributed by atoms with Crippen molar-refractivity contribution in [2.24, 2.45) is 0 Å². The van der Waals surface area contributed by atoms with Crippen LogP contribution in [0.3, 0.4) is 0 Å². The molecule has 6 nitrogen and oxygen atoms in total. The molecule has 5 rings (SSSR count). The third-order valence-electron chi connectivity index (χ3n) is 7.09. The predicted molar refractivity (Wildman–Crippen MR) is 164 cm³/mol. The molecule has 2 aliphatic rings. The molecule has 8 heteroatoms. The van der Waals surface area contributed by atoms with E-state index in [1.54, 1.807) is 0 Å². The van der Waals surface area contributed by atoms with Crippen molar-refractivity contribution in [2.45, 2.75) is 73.3 Å². The number of hydrogen-bond acceptors (Lipinski definition) is 6. The number of hydrogen-bond donors (Lipinski definition) is 0. The summed E-state index contributed by atoms with van der Waals surface area (Å²) in [5.74, 6) is 0. The molecular weight excluding hydrogens is 553 g/mol. The third kappa shape index (κ3) is 7.90. The van der Waals surface area contributed by atoms with E-state index in [-0.39, 0.29) is 6.61 Å². The maximum absolute atomic E-state index is 14.0. The summed E-state index contributed by atoms with van der Waals surface area (Å²) in [6, 6.07) is 30.2. The van der Waals surface area contributed by atoms with Crippen LogP contribution in [-0.4, -0.2) is 55.3 Å². The van der Waals surface area contributed by atoms with Crippen molar-refractivity contribution in [3.05, 3.63) is 114 Å². The highest BCUT2D eigenvalue weighted by Crippen LogP contribution is 2.38. The molecule has 2 aliphatic heterocycles. The Morgan fingerprint density at radius 3 is 2.17 bits per heavy atom. The number of rotatable bonds is 11. The summed E-state index contributed by atoms with van der Waals surface area (Å²) < 4.78 is 46.5. The Balaban J connectivity index is 1.46. The molecule has 7 atom stereocenters. The van der Waals surface area contributed by atoms with Gasteiger partial charge in [0.1, 0.15) is 24.4 Å². The molecule has 2 heterocycles. The van der Waals surface area contributed by atoms with E-state index in [2.05, 4.69) is 26.2 Å². The summed E-state index contributed by atoms with van der Waals surface area (Å²) in [7, 11) is -2.91. The van der Waals surface area contributed by atoms with Crippen molar-refractivity contribution in [3.8, 4) is 0 Å². The van der Waals surface area contributed by atoms with Gasteiger partial charge in [-0.05, 0) is 23.7 Å². The zero-order chi connectivity index (χ0) is 28.8. The molecule has 2 unspecified atom stereocenters. The second kappa shape index (κ2) is 13.7. The Morgan fingerprint density at radius 1 is 0.878 bits per heavy atom. The minimum Gasteiger partial charge on any atom is -0.368 e. The minimum atomic E-state index is -1.52. The molecule has 3 aromatic rings. The van der Waals surface area contributed by atoms with Gasteiger partial charge in [-0.25, -0.2) is 0 Å². The van der Waals surface area contributed by atoms with Gasteiger partial charge in [0.2, 0.25) is 0 Å². The molecule has 0 saturated carbocycles. The maximum Gasteiger partial charge on any atom is 0.184 e. The fourth-order valence-corrected chi connectivity index (χ4v) is 8.35. The second-order valence-corrected chi connectivity index (χ2v) is 18.9. The Kier molecular flexibility index (Phi) is 10.0. The summed E-state index contributed by atoms with van der Waals surface area (Å²) in [6.07, 6.45) is -2.74. The van der Waals surface area contributed by atoms with E-state index in [9.17, 15) is 4.21 Å². The summed E-state index contributed by atoms with van der Waals surface area (Å²) in [5.41, 5.74) is 2.19. The quantitative estimate of drug-likeness (QED) is 0.187. The van der Waals surface area contributed by atoms with E-state index in [1.165, 1.54) is 0 Å². The molecule has 0 spiro atoms. The van der Waals surface area contributed by atoms with Crippen LogP contribution in [0.5, 0.6) is 0 Å². The Bertz CT molecular complexity index is 1280. The van der Waals surface area contributed by atoms with Crippen LogP contribution in [-0.2, 0) is 41.1 Å². The Morgan fingerprint density at radius 2 is 1.51 bits per heavy atom. The van der Waals surface area contributed by atoms with Gasteiger partial charge in [0.25, 0.3) is 0 Å². The van der Waals surface area contributed by atoms with Gasteiger partial charge < -0.3 is 23.7 Å². The fraction of sp³-hybridized carbons (Fsp3) is 0.394. The van der Waals surface area contributed by atoms with Crippen molar-refractivity contribution in [3.63, 3.8) is 0 Å². The predicted octanol–water partition coefficient (Wildman–Crippen LogP) is 6.50. The Hall–Kier alpha value is -2.43. The van der Waals surface area contributed by atoms with Gasteiger partial charge in [0.05, 0.1) is 30.6 Å². The van der Waals surface area contributed by atoms with E-state index >= 15 is 0 Å². The van der Waals surface area contributed by atoms with Crippen molar-refractivity contribution in [2.75, 3.05) is 13.2 Å². The van der Waals surface area contributed by atoms with Crippen molar-refractivity contribution >= 4 is 18.9 Å². The molecular formula is C33H40O6SSi. The first-order valence-electron chi connectivity index (χ1n) is 14.2. The second-order valence-electron chi connectivity index (χ2n) is 11.9. The van der Waals surface area contributed by atoms with Crippen LogP contribution in [0, 0.1) is 0 Å². The monoisotopic (exact) mass is 592 g/mol. The molecule has 0 aliphatic carbocycles. The lowest BCUT2D eigenvalue weighted by molar-refractivity contribution is -0.328. The molecule has 2 fully saturated rings. The molecule has 0 aromatic heterocycles. The molecule has 41 heavy (non-hydrogen) atoms. The minimum absolute atomic E-state index is 0.285. The largest absolute Gasteiger partial charge is 0.368 e. The summed E-state index contributed by atoms with van der Waals surface area (Å²) in [6.45, 7) is 12.2. The molecule has 0 bridgehead atoms. The topological polar surface area (TPSA) is 63.2 Å². The number of fused-ring (bicyclic) bond motifs is 1. The van der Waals surface area contributed by atoms with Crippen molar-refractivity contribution in [1.29, 1.82) is 0 Å². The summed E-state index contributed by atoms with van der Waals surface area (Å²) in [4.78, 5) is 0.673. The lowest BCUT2D eigenvalue weighted by Crippen LogP contribution is -2.64. The lowest BCUT2D eigenvalue weighted by atomic mass is 9.98. The van der Waals surface area contributed by atoms with Crippen LogP contribution in [0.25, 0.3) is 0 Å². The smallest absolute Gasteiger partial charge is 0.184 e. The molecule has 3 aromatic carbocycles. The molecule has 0 N–H and O–H groups in total. The van der Waals surface area contributed by atoms with E-state index in [0.717, 1.165) is 22.7 Å². The molecule has 0 amide bonds. The van der Waals surface area contributed by atoms with Crippen LogP contribution in [0.2, 0.25) is 25.7 Å². The van der Waals surface area contributed by atoms with E-state index < -0.39 is 55.0 Å². The van der Waals surface area contributed by atoms with Gasteiger partial charge in [0.15, 0.2) is 11.7 Å². The average Bonchev–Trinajstić information content (AvgIpc) is 2.98.